The summed E-state index contributed by atoms with van der Waals surface area (Å²) in [5, 5.41) is 9.61. The Morgan fingerprint density at radius 3 is 2.50 bits per heavy atom. The highest BCUT2D eigenvalue weighted by molar-refractivity contribution is 8.27. The van der Waals surface area contributed by atoms with Gasteiger partial charge in [-0.2, -0.15) is 0 Å². The molecule has 0 spiro atoms. The monoisotopic (exact) mass is 356 g/mol. The van der Waals surface area contributed by atoms with Gasteiger partial charge in [-0.05, 0) is 35.9 Å². The molecule has 1 amide bonds. The number of carbonyl (C=O) groups is 1. The maximum atomic E-state index is 12.7. The Hall–Kier alpha value is -2.31. The van der Waals surface area contributed by atoms with Gasteiger partial charge in [0.1, 0.15) is 5.75 Å². The Bertz CT molecular complexity index is 829. The first-order valence-corrected chi connectivity index (χ1v) is 8.52. The van der Waals surface area contributed by atoms with E-state index in [9.17, 15) is 9.90 Å². The van der Waals surface area contributed by atoms with E-state index in [4.69, 9.17) is 12.2 Å². The van der Waals surface area contributed by atoms with Crippen LogP contribution >= 0.6 is 24.0 Å². The van der Waals surface area contributed by atoms with Gasteiger partial charge in [0.2, 0.25) is 0 Å². The first-order valence-electron chi connectivity index (χ1n) is 7.30. The lowest BCUT2D eigenvalue weighted by molar-refractivity contribution is -0.113. The third-order valence-corrected chi connectivity index (χ3v) is 4.89. The van der Waals surface area contributed by atoms with Crippen LogP contribution in [0.15, 0.2) is 53.4 Å². The number of hydrogen-bond donors (Lipinski definition) is 1. The lowest BCUT2D eigenvalue weighted by atomic mass is 10.2. The molecule has 6 heteroatoms. The summed E-state index contributed by atoms with van der Waals surface area (Å²) < 4.78 is 0.460. The molecule has 0 atom stereocenters. The Balaban J connectivity index is 1.88. The van der Waals surface area contributed by atoms with Gasteiger partial charge in [0, 0.05) is 25.8 Å². The van der Waals surface area contributed by atoms with E-state index in [1.54, 1.807) is 18.2 Å². The number of benzene rings is 2. The van der Waals surface area contributed by atoms with E-state index in [0.29, 0.717) is 14.9 Å². The highest BCUT2D eigenvalue weighted by Gasteiger charge is 2.33. The van der Waals surface area contributed by atoms with Crippen molar-refractivity contribution >= 4 is 51.7 Å². The fourth-order valence-corrected chi connectivity index (χ4v) is 3.64. The SMILES string of the molecule is CN(C)c1ccc(/C=C2/SC(=S)N(c3cccc(O)c3)C2=O)cc1. The molecule has 1 fully saturated rings. The second-order valence-electron chi connectivity index (χ2n) is 5.52. The zero-order valence-corrected chi connectivity index (χ0v) is 14.9. The molecule has 0 aromatic heterocycles. The molecule has 122 valence electrons. The van der Waals surface area contributed by atoms with Crippen molar-refractivity contribution in [1.29, 1.82) is 0 Å². The van der Waals surface area contributed by atoms with Crippen LogP contribution in [0, 0.1) is 0 Å². The minimum Gasteiger partial charge on any atom is -0.508 e. The van der Waals surface area contributed by atoms with Gasteiger partial charge in [-0.1, -0.05) is 42.2 Å². The second kappa shape index (κ2) is 6.67. The number of rotatable bonds is 3. The largest absolute Gasteiger partial charge is 0.508 e. The first-order chi connectivity index (χ1) is 11.5. The van der Waals surface area contributed by atoms with Gasteiger partial charge in [0.15, 0.2) is 4.32 Å². The highest BCUT2D eigenvalue weighted by atomic mass is 32.2. The average molecular weight is 356 g/mol. The number of carbonyl (C=O) groups excluding carboxylic acids is 1. The summed E-state index contributed by atoms with van der Waals surface area (Å²) in [6.45, 7) is 0. The number of nitrogens with zero attached hydrogens (tertiary/aromatic N) is 2. The maximum Gasteiger partial charge on any atom is 0.270 e. The lowest BCUT2D eigenvalue weighted by Gasteiger charge is -2.14. The Morgan fingerprint density at radius 2 is 1.88 bits per heavy atom. The molecule has 0 saturated carbocycles. The standard InChI is InChI=1S/C18H16N2O2S2/c1-19(2)13-8-6-12(7-9-13)10-16-17(22)20(18(23)24-16)14-4-3-5-15(21)11-14/h3-11,21H,1-2H3/b16-10+. The minimum absolute atomic E-state index is 0.102. The quantitative estimate of drug-likeness (QED) is 0.668. The molecule has 4 nitrogen and oxygen atoms in total. The summed E-state index contributed by atoms with van der Waals surface area (Å²) >= 11 is 6.59. The third kappa shape index (κ3) is 3.29. The van der Waals surface area contributed by atoms with Crippen molar-refractivity contribution in [3.8, 4) is 5.75 Å². The summed E-state index contributed by atoms with van der Waals surface area (Å²) in [5.74, 6) is -0.0721. The number of amides is 1. The van der Waals surface area contributed by atoms with Crippen molar-refractivity contribution in [2.45, 2.75) is 0 Å². The van der Waals surface area contributed by atoms with Crippen LogP contribution in [0.4, 0.5) is 11.4 Å². The lowest BCUT2D eigenvalue weighted by Crippen LogP contribution is -2.27. The van der Waals surface area contributed by atoms with E-state index in [1.165, 1.54) is 22.7 Å². The van der Waals surface area contributed by atoms with E-state index < -0.39 is 0 Å². The molecular formula is C18H16N2O2S2. The molecule has 1 aliphatic heterocycles. The second-order valence-corrected chi connectivity index (χ2v) is 7.20. The topological polar surface area (TPSA) is 43.8 Å². The van der Waals surface area contributed by atoms with Crippen molar-refractivity contribution < 1.29 is 9.90 Å². The number of phenolic OH excluding ortho intramolecular Hbond substituents is 1. The minimum atomic E-state index is -0.174. The van der Waals surface area contributed by atoms with Gasteiger partial charge in [0.05, 0.1) is 10.6 Å². The zero-order valence-electron chi connectivity index (χ0n) is 13.3. The maximum absolute atomic E-state index is 12.7. The molecule has 1 N–H and O–H groups in total. The average Bonchev–Trinajstić information content (AvgIpc) is 2.82. The molecule has 24 heavy (non-hydrogen) atoms. The van der Waals surface area contributed by atoms with E-state index >= 15 is 0 Å². The molecular weight excluding hydrogens is 340 g/mol. The van der Waals surface area contributed by atoms with Crippen LogP contribution in [-0.4, -0.2) is 29.4 Å². The number of anilines is 2. The molecule has 0 aliphatic carbocycles. The summed E-state index contributed by atoms with van der Waals surface area (Å²) in [5.41, 5.74) is 2.61. The molecule has 1 saturated heterocycles. The normalized spacial score (nSPS) is 16.1. The number of aromatic hydroxyl groups is 1. The Labute approximate surface area is 150 Å². The fraction of sp³-hybridized carbons (Fsp3) is 0.111. The molecule has 1 aliphatic rings. The van der Waals surface area contributed by atoms with Crippen LogP contribution in [0.1, 0.15) is 5.56 Å². The van der Waals surface area contributed by atoms with Gasteiger partial charge in [-0.25, -0.2) is 0 Å². The van der Waals surface area contributed by atoms with Crippen molar-refractivity contribution in [1.82, 2.24) is 0 Å². The van der Waals surface area contributed by atoms with Crippen molar-refractivity contribution in [2.24, 2.45) is 0 Å². The van der Waals surface area contributed by atoms with Gasteiger partial charge < -0.3 is 10.0 Å². The third-order valence-electron chi connectivity index (χ3n) is 3.59. The van der Waals surface area contributed by atoms with Crippen LogP contribution in [-0.2, 0) is 4.79 Å². The summed E-state index contributed by atoms with van der Waals surface area (Å²) in [4.78, 5) is 16.7. The number of hydrogen-bond acceptors (Lipinski definition) is 5. The van der Waals surface area contributed by atoms with Gasteiger partial charge in [-0.3, -0.25) is 9.69 Å². The van der Waals surface area contributed by atoms with Crippen LogP contribution in [0.2, 0.25) is 0 Å². The van der Waals surface area contributed by atoms with Gasteiger partial charge in [-0.15, -0.1) is 0 Å². The molecule has 1 heterocycles. The molecule has 0 bridgehead atoms. The van der Waals surface area contributed by atoms with Crippen molar-refractivity contribution in [2.75, 3.05) is 23.9 Å². The van der Waals surface area contributed by atoms with Crippen LogP contribution < -0.4 is 9.80 Å². The number of thiocarbonyl (C=S) groups is 1. The number of thioether (sulfide) groups is 1. The predicted octanol–water partition coefficient (Wildman–Crippen LogP) is 3.86. The van der Waals surface area contributed by atoms with Crippen LogP contribution in [0.25, 0.3) is 6.08 Å². The summed E-state index contributed by atoms with van der Waals surface area (Å²) in [6.07, 6.45) is 1.83. The van der Waals surface area contributed by atoms with E-state index in [2.05, 4.69) is 0 Å². The molecule has 2 aromatic carbocycles. The Morgan fingerprint density at radius 1 is 1.17 bits per heavy atom. The highest BCUT2D eigenvalue weighted by Crippen LogP contribution is 2.36. The van der Waals surface area contributed by atoms with Gasteiger partial charge >= 0.3 is 0 Å². The van der Waals surface area contributed by atoms with Crippen molar-refractivity contribution in [3.63, 3.8) is 0 Å². The molecule has 0 unspecified atom stereocenters. The van der Waals surface area contributed by atoms with E-state index in [0.717, 1.165) is 11.3 Å². The van der Waals surface area contributed by atoms with Crippen molar-refractivity contribution in [3.05, 3.63) is 59.0 Å². The van der Waals surface area contributed by atoms with E-state index in [1.807, 2.05) is 49.3 Å². The molecule has 2 aromatic rings. The smallest absolute Gasteiger partial charge is 0.270 e. The zero-order chi connectivity index (χ0) is 17.3. The molecule has 3 rings (SSSR count). The first kappa shape index (κ1) is 16.5. The molecule has 0 radical (unpaired) electrons. The van der Waals surface area contributed by atoms with Gasteiger partial charge in [0.25, 0.3) is 5.91 Å². The Kier molecular flexibility index (Phi) is 4.59. The van der Waals surface area contributed by atoms with E-state index in [-0.39, 0.29) is 11.7 Å². The van der Waals surface area contributed by atoms with Crippen LogP contribution in [0.3, 0.4) is 0 Å². The summed E-state index contributed by atoms with van der Waals surface area (Å²) in [6, 6.07) is 14.5. The van der Waals surface area contributed by atoms with Crippen LogP contribution in [0.5, 0.6) is 5.75 Å². The summed E-state index contributed by atoms with van der Waals surface area (Å²) in [7, 11) is 3.96. The number of phenols is 1. The fourth-order valence-electron chi connectivity index (χ4n) is 2.34. The predicted molar refractivity (Wildman–Crippen MR) is 105 cm³/mol.